The zero-order valence-corrected chi connectivity index (χ0v) is 12.4. The lowest BCUT2D eigenvalue weighted by Crippen LogP contribution is -1.97. The molecule has 2 rings (SSSR count). The van der Waals surface area contributed by atoms with Crippen LogP contribution in [0.2, 0.25) is 0 Å². The van der Waals surface area contributed by atoms with E-state index < -0.39 is 0 Å². The maximum atomic E-state index is 11.1. The summed E-state index contributed by atoms with van der Waals surface area (Å²) in [5.41, 5.74) is 2.46. The van der Waals surface area contributed by atoms with E-state index in [0.717, 1.165) is 12.7 Å². The summed E-state index contributed by atoms with van der Waals surface area (Å²) in [6.45, 7) is 6.16. The summed E-state index contributed by atoms with van der Waals surface area (Å²) in [6, 6.07) is 7.98. The lowest BCUT2D eigenvalue weighted by Gasteiger charge is -2.11. The van der Waals surface area contributed by atoms with Gasteiger partial charge in [-0.2, -0.15) is 5.10 Å². The van der Waals surface area contributed by atoms with Gasteiger partial charge < -0.3 is 4.74 Å². The summed E-state index contributed by atoms with van der Waals surface area (Å²) >= 11 is 0. The van der Waals surface area contributed by atoms with E-state index in [1.165, 1.54) is 5.56 Å². The Morgan fingerprint density at radius 2 is 2.00 bits per heavy atom. The normalized spacial score (nSPS) is 12.2. The Bertz CT molecular complexity index is 600. The van der Waals surface area contributed by atoms with Gasteiger partial charge in [0.1, 0.15) is 5.75 Å². The van der Waals surface area contributed by atoms with Crippen molar-refractivity contribution in [2.24, 2.45) is 7.05 Å². The molecule has 1 unspecified atom stereocenters. The van der Waals surface area contributed by atoms with Crippen molar-refractivity contribution in [1.29, 1.82) is 0 Å². The molecular weight excluding hydrogens is 252 g/mol. The number of aryl methyl sites for hydroxylation is 2. The summed E-state index contributed by atoms with van der Waals surface area (Å²) in [6.07, 6.45) is 1.89. The first-order chi connectivity index (χ1) is 9.56. The number of aromatic nitrogens is 2. The van der Waals surface area contributed by atoms with Gasteiger partial charge >= 0.3 is 0 Å². The van der Waals surface area contributed by atoms with E-state index in [9.17, 15) is 4.79 Å². The van der Waals surface area contributed by atoms with Crippen molar-refractivity contribution >= 4 is 6.29 Å². The molecule has 0 aliphatic rings. The number of benzene rings is 1. The number of carbonyl (C=O) groups is 1. The van der Waals surface area contributed by atoms with Crippen LogP contribution in [0.15, 0.2) is 24.3 Å². The van der Waals surface area contributed by atoms with Crippen LogP contribution in [0.4, 0.5) is 0 Å². The van der Waals surface area contributed by atoms with E-state index in [-0.39, 0.29) is 0 Å². The van der Waals surface area contributed by atoms with Crippen molar-refractivity contribution in [2.45, 2.75) is 33.1 Å². The van der Waals surface area contributed by atoms with Crippen molar-refractivity contribution in [3.63, 3.8) is 0 Å². The van der Waals surface area contributed by atoms with Gasteiger partial charge in [0.25, 0.3) is 0 Å². The number of hydrogen-bond acceptors (Lipinski definition) is 3. The molecule has 0 fully saturated rings. The molecule has 0 bridgehead atoms. The first kappa shape index (κ1) is 14.3. The quantitative estimate of drug-likeness (QED) is 0.777. The molecule has 0 spiro atoms. The van der Waals surface area contributed by atoms with E-state index >= 15 is 0 Å². The number of rotatable bonds is 5. The summed E-state index contributed by atoms with van der Waals surface area (Å²) in [5.74, 6) is 1.73. The first-order valence-electron chi connectivity index (χ1n) is 6.83. The second-order valence-electron chi connectivity index (χ2n) is 5.03. The Kier molecular flexibility index (Phi) is 4.23. The molecule has 1 aromatic heterocycles. The highest BCUT2D eigenvalue weighted by Crippen LogP contribution is 2.27. The second kappa shape index (κ2) is 5.90. The number of hydrogen-bond donors (Lipinski definition) is 0. The number of aldehydes is 1. The van der Waals surface area contributed by atoms with Gasteiger partial charge in [0, 0.05) is 7.05 Å². The van der Waals surface area contributed by atoms with Crippen LogP contribution >= 0.6 is 0 Å². The maximum absolute atomic E-state index is 11.1. The molecule has 1 aromatic carbocycles. The lowest BCUT2D eigenvalue weighted by atomic mass is 9.99. The lowest BCUT2D eigenvalue weighted by molar-refractivity contribution is 0.112. The van der Waals surface area contributed by atoms with Gasteiger partial charge in [-0.25, -0.2) is 4.68 Å². The molecule has 0 aliphatic heterocycles. The largest absolute Gasteiger partial charge is 0.439 e. The molecule has 0 saturated heterocycles. The van der Waals surface area contributed by atoms with E-state index in [2.05, 4.69) is 31.1 Å². The smallest absolute Gasteiger partial charge is 0.228 e. The van der Waals surface area contributed by atoms with Crippen molar-refractivity contribution in [3.05, 3.63) is 41.1 Å². The van der Waals surface area contributed by atoms with Gasteiger partial charge in [0.2, 0.25) is 5.88 Å². The van der Waals surface area contributed by atoms with Gasteiger partial charge in [0.15, 0.2) is 6.29 Å². The molecule has 2 aromatic rings. The molecule has 0 aliphatic carbocycles. The number of carbonyl (C=O) groups excluding carboxylic acids is 1. The molecule has 4 heteroatoms. The SMILES string of the molecule is CCC(C)c1ccc(Oc2c(C=O)c(C)nn2C)cc1. The third-order valence-corrected chi connectivity index (χ3v) is 3.61. The highest BCUT2D eigenvalue weighted by atomic mass is 16.5. The standard InChI is InChI=1S/C16H20N2O2/c1-5-11(2)13-6-8-14(9-7-13)20-16-15(10-19)12(3)17-18(16)4/h6-11H,5H2,1-4H3. The molecule has 1 atom stereocenters. The fourth-order valence-corrected chi connectivity index (χ4v) is 2.12. The van der Waals surface area contributed by atoms with Crippen molar-refractivity contribution in [1.82, 2.24) is 9.78 Å². The monoisotopic (exact) mass is 272 g/mol. The number of nitrogens with zero attached hydrogens (tertiary/aromatic N) is 2. The summed E-state index contributed by atoms with van der Waals surface area (Å²) in [5, 5.41) is 4.20. The third-order valence-electron chi connectivity index (χ3n) is 3.61. The van der Waals surface area contributed by atoms with E-state index in [0.29, 0.717) is 28.8 Å². The Balaban J connectivity index is 2.24. The predicted molar refractivity (Wildman–Crippen MR) is 78.6 cm³/mol. The van der Waals surface area contributed by atoms with Gasteiger partial charge in [0.05, 0.1) is 11.3 Å². The molecule has 0 radical (unpaired) electrons. The minimum atomic E-state index is 0.480. The summed E-state index contributed by atoms with van der Waals surface area (Å²) in [4.78, 5) is 11.1. The van der Waals surface area contributed by atoms with Crippen molar-refractivity contribution in [2.75, 3.05) is 0 Å². The molecule has 4 nitrogen and oxygen atoms in total. The summed E-state index contributed by atoms with van der Waals surface area (Å²) < 4.78 is 7.37. The molecule has 0 N–H and O–H groups in total. The first-order valence-corrected chi connectivity index (χ1v) is 6.83. The zero-order valence-electron chi connectivity index (χ0n) is 12.4. The topological polar surface area (TPSA) is 44.1 Å². The molecular formula is C16H20N2O2. The van der Waals surface area contributed by atoms with E-state index in [1.807, 2.05) is 12.1 Å². The molecule has 1 heterocycles. The molecule has 20 heavy (non-hydrogen) atoms. The highest BCUT2D eigenvalue weighted by molar-refractivity contribution is 5.80. The predicted octanol–water partition coefficient (Wildman–Crippen LogP) is 3.85. The van der Waals surface area contributed by atoms with Crippen LogP contribution in [0, 0.1) is 6.92 Å². The van der Waals surface area contributed by atoms with E-state index in [1.54, 1.807) is 18.7 Å². The van der Waals surface area contributed by atoms with E-state index in [4.69, 9.17) is 4.74 Å². The van der Waals surface area contributed by atoms with Gasteiger partial charge in [-0.1, -0.05) is 26.0 Å². The highest BCUT2D eigenvalue weighted by Gasteiger charge is 2.14. The van der Waals surface area contributed by atoms with Crippen molar-refractivity contribution < 1.29 is 9.53 Å². The van der Waals surface area contributed by atoms with Gasteiger partial charge in [-0.05, 0) is 37.0 Å². The van der Waals surface area contributed by atoms with Crippen LogP contribution in [0.5, 0.6) is 11.6 Å². The van der Waals surface area contributed by atoms with Gasteiger partial charge in [-0.15, -0.1) is 0 Å². The molecule has 106 valence electrons. The Labute approximate surface area is 119 Å². The number of ether oxygens (including phenoxy) is 1. The fraction of sp³-hybridized carbons (Fsp3) is 0.375. The Morgan fingerprint density at radius 3 is 2.55 bits per heavy atom. The Morgan fingerprint density at radius 1 is 1.35 bits per heavy atom. The minimum absolute atomic E-state index is 0.480. The third kappa shape index (κ3) is 2.74. The second-order valence-corrected chi connectivity index (χ2v) is 5.03. The van der Waals surface area contributed by atoms with Crippen LogP contribution < -0.4 is 4.74 Å². The van der Waals surface area contributed by atoms with Crippen LogP contribution in [0.3, 0.4) is 0 Å². The zero-order chi connectivity index (χ0) is 14.7. The summed E-state index contributed by atoms with van der Waals surface area (Å²) in [7, 11) is 1.77. The van der Waals surface area contributed by atoms with Crippen LogP contribution in [0.25, 0.3) is 0 Å². The minimum Gasteiger partial charge on any atom is -0.439 e. The average Bonchev–Trinajstić information content (AvgIpc) is 2.72. The van der Waals surface area contributed by atoms with Crippen LogP contribution in [-0.4, -0.2) is 16.1 Å². The fourth-order valence-electron chi connectivity index (χ4n) is 2.12. The van der Waals surface area contributed by atoms with Crippen molar-refractivity contribution in [3.8, 4) is 11.6 Å². The maximum Gasteiger partial charge on any atom is 0.228 e. The Hall–Kier alpha value is -2.10. The average molecular weight is 272 g/mol. The van der Waals surface area contributed by atoms with Gasteiger partial charge in [-0.3, -0.25) is 4.79 Å². The van der Waals surface area contributed by atoms with Crippen LogP contribution in [0.1, 0.15) is 47.8 Å². The van der Waals surface area contributed by atoms with Crippen LogP contribution in [-0.2, 0) is 7.05 Å². The molecule has 0 amide bonds. The molecule has 0 saturated carbocycles.